The summed E-state index contributed by atoms with van der Waals surface area (Å²) in [5, 5.41) is 0. The average Bonchev–Trinajstić information content (AvgIpc) is 2.41. The van der Waals surface area contributed by atoms with Gasteiger partial charge in [-0.3, -0.25) is 0 Å². The maximum atomic E-state index is 14.4. The molecule has 0 unspecified atom stereocenters. The normalized spacial score (nSPS) is 13.1. The van der Waals surface area contributed by atoms with Gasteiger partial charge in [-0.15, -0.1) is 0 Å². The van der Waals surface area contributed by atoms with Crippen LogP contribution in [-0.4, -0.2) is 0 Å². The summed E-state index contributed by atoms with van der Waals surface area (Å²) in [6.07, 6.45) is 0. The van der Waals surface area contributed by atoms with Crippen molar-refractivity contribution in [2.75, 3.05) is 0 Å². The number of fused-ring (bicyclic) bond motifs is 2. The first-order valence-corrected chi connectivity index (χ1v) is 7.47. The first-order valence-electron chi connectivity index (χ1n) is 5.83. The van der Waals surface area contributed by atoms with E-state index in [0.717, 1.165) is 25.8 Å². The van der Waals surface area contributed by atoms with Crippen LogP contribution in [0.25, 0.3) is 0 Å². The van der Waals surface area contributed by atoms with E-state index in [1.165, 1.54) is 10.5 Å². The number of benzene rings is 2. The highest BCUT2D eigenvalue weighted by molar-refractivity contribution is 8.05. The minimum atomic E-state index is -0.0555. The lowest BCUT2D eigenvalue weighted by Gasteiger charge is -2.23. The van der Waals surface area contributed by atoms with Gasteiger partial charge in [-0.2, -0.15) is 0 Å². The third kappa shape index (κ3) is 1.69. The molecule has 0 atom stereocenters. The maximum Gasteiger partial charge on any atom is 0.141 e. The molecule has 3 rings (SSSR count). The highest BCUT2D eigenvalue weighted by Gasteiger charge is 2.24. The number of rotatable bonds is 0. The Hall–Kier alpha value is -0.930. The minimum Gasteiger partial charge on any atom is -0.205 e. The van der Waals surface area contributed by atoms with E-state index in [-0.39, 0.29) is 5.82 Å². The highest BCUT2D eigenvalue weighted by Crippen LogP contribution is 2.51. The van der Waals surface area contributed by atoms with E-state index < -0.39 is 0 Å². The predicted molar refractivity (Wildman–Crippen MR) is 75.3 cm³/mol. The summed E-state index contributed by atoms with van der Waals surface area (Å²) in [6.45, 7) is 5.95. The van der Waals surface area contributed by atoms with Crippen LogP contribution in [0, 0.1) is 26.6 Å². The van der Waals surface area contributed by atoms with E-state index in [1.54, 1.807) is 23.5 Å². The lowest BCUT2D eigenvalue weighted by atomic mass is 10.0. The first kappa shape index (κ1) is 12.1. The van der Waals surface area contributed by atoms with Crippen molar-refractivity contribution in [1.29, 1.82) is 0 Å². The van der Waals surface area contributed by atoms with Crippen LogP contribution >= 0.6 is 23.5 Å². The quantitative estimate of drug-likeness (QED) is 0.541. The van der Waals surface area contributed by atoms with E-state index >= 15 is 0 Å². The number of halogens is 1. The molecule has 0 radical (unpaired) electrons. The van der Waals surface area contributed by atoms with Crippen molar-refractivity contribution in [3.63, 3.8) is 0 Å². The average molecular weight is 276 g/mol. The molecule has 2 aromatic carbocycles. The lowest BCUT2D eigenvalue weighted by Crippen LogP contribution is -2.01. The Balaban J connectivity index is 2.25. The fraction of sp³-hybridized carbons (Fsp3) is 0.200. The van der Waals surface area contributed by atoms with Gasteiger partial charge in [-0.1, -0.05) is 35.7 Å². The highest BCUT2D eigenvalue weighted by atomic mass is 32.2. The number of hydrogen-bond acceptors (Lipinski definition) is 2. The summed E-state index contributed by atoms with van der Waals surface area (Å²) >= 11 is 3.24. The maximum absolute atomic E-state index is 14.4. The van der Waals surface area contributed by atoms with Crippen molar-refractivity contribution >= 4 is 23.5 Å². The third-order valence-electron chi connectivity index (χ3n) is 3.47. The third-order valence-corrected chi connectivity index (χ3v) is 6.19. The van der Waals surface area contributed by atoms with Gasteiger partial charge in [0.2, 0.25) is 0 Å². The first-order chi connectivity index (χ1) is 8.59. The molecule has 0 aromatic heterocycles. The van der Waals surface area contributed by atoms with Gasteiger partial charge in [0, 0.05) is 14.7 Å². The van der Waals surface area contributed by atoms with Crippen LogP contribution in [0.15, 0.2) is 43.8 Å². The van der Waals surface area contributed by atoms with Gasteiger partial charge in [0.05, 0.1) is 4.90 Å². The Bertz CT molecular complexity index is 591. The minimum absolute atomic E-state index is 0.0555. The zero-order valence-corrected chi connectivity index (χ0v) is 12.1. The van der Waals surface area contributed by atoms with E-state index in [1.807, 2.05) is 26.0 Å². The molecule has 18 heavy (non-hydrogen) atoms. The molecular weight excluding hydrogens is 263 g/mol. The Kier molecular flexibility index (Phi) is 2.91. The summed E-state index contributed by atoms with van der Waals surface area (Å²) in [5.74, 6) is -0.0555. The topological polar surface area (TPSA) is 0 Å². The van der Waals surface area contributed by atoms with Crippen LogP contribution in [0.1, 0.15) is 16.7 Å². The van der Waals surface area contributed by atoms with Gasteiger partial charge in [0.25, 0.3) is 0 Å². The molecule has 1 aliphatic rings. The van der Waals surface area contributed by atoms with Gasteiger partial charge < -0.3 is 0 Å². The summed E-state index contributed by atoms with van der Waals surface area (Å²) in [4.78, 5) is 4.25. The molecule has 92 valence electrons. The Labute approximate surface area is 115 Å². The van der Waals surface area contributed by atoms with Crippen molar-refractivity contribution < 1.29 is 4.39 Å². The monoisotopic (exact) mass is 276 g/mol. The Morgan fingerprint density at radius 1 is 0.778 bits per heavy atom. The van der Waals surface area contributed by atoms with Crippen LogP contribution < -0.4 is 0 Å². The summed E-state index contributed by atoms with van der Waals surface area (Å²) in [6, 6.07) is 8.19. The van der Waals surface area contributed by atoms with Crippen molar-refractivity contribution in [3.05, 3.63) is 46.8 Å². The van der Waals surface area contributed by atoms with Crippen molar-refractivity contribution in [1.82, 2.24) is 0 Å². The molecule has 0 bridgehead atoms. The van der Waals surface area contributed by atoms with Crippen molar-refractivity contribution in [2.45, 2.75) is 40.4 Å². The number of hydrogen-bond donors (Lipinski definition) is 0. The molecule has 1 aliphatic heterocycles. The fourth-order valence-corrected chi connectivity index (χ4v) is 4.66. The Morgan fingerprint density at radius 2 is 1.33 bits per heavy atom. The zero-order chi connectivity index (χ0) is 12.9. The second kappa shape index (κ2) is 4.32. The van der Waals surface area contributed by atoms with Gasteiger partial charge >= 0.3 is 0 Å². The molecule has 3 heteroatoms. The van der Waals surface area contributed by atoms with Crippen LogP contribution in [-0.2, 0) is 0 Å². The molecule has 0 aliphatic carbocycles. The second-order valence-electron chi connectivity index (χ2n) is 4.50. The van der Waals surface area contributed by atoms with Crippen molar-refractivity contribution in [2.24, 2.45) is 0 Å². The van der Waals surface area contributed by atoms with Gasteiger partial charge in [0.1, 0.15) is 5.82 Å². The fourth-order valence-electron chi connectivity index (χ4n) is 2.11. The standard InChI is InChI=1S/C15H13FS2/c1-8-9(2)13(16)15-14(10(8)3)17-11-6-4-5-7-12(11)18-15/h4-7H,1-3H3. The summed E-state index contributed by atoms with van der Waals surface area (Å²) in [5.41, 5.74) is 3.05. The second-order valence-corrected chi connectivity index (χ2v) is 6.60. The molecule has 1 heterocycles. The molecular formula is C15H13FS2. The largest absolute Gasteiger partial charge is 0.205 e. The lowest BCUT2D eigenvalue weighted by molar-refractivity contribution is 0.580. The molecule has 0 amide bonds. The van der Waals surface area contributed by atoms with Crippen LogP contribution in [0.4, 0.5) is 4.39 Å². The van der Waals surface area contributed by atoms with E-state index in [2.05, 4.69) is 19.1 Å². The molecule has 0 saturated carbocycles. The van der Waals surface area contributed by atoms with E-state index in [9.17, 15) is 4.39 Å². The van der Waals surface area contributed by atoms with Crippen LogP contribution in [0.3, 0.4) is 0 Å². The molecule has 0 nitrogen and oxygen atoms in total. The molecule has 0 saturated heterocycles. The van der Waals surface area contributed by atoms with E-state index in [4.69, 9.17) is 0 Å². The van der Waals surface area contributed by atoms with Crippen LogP contribution in [0.5, 0.6) is 0 Å². The van der Waals surface area contributed by atoms with Gasteiger partial charge in [0.15, 0.2) is 0 Å². The van der Waals surface area contributed by atoms with Gasteiger partial charge in [-0.25, -0.2) is 4.39 Å². The SMILES string of the molecule is Cc1c(C)c(F)c2c(c1C)Sc1ccccc1S2. The smallest absolute Gasteiger partial charge is 0.141 e. The Morgan fingerprint density at radius 3 is 1.94 bits per heavy atom. The van der Waals surface area contributed by atoms with E-state index in [0.29, 0.717) is 0 Å². The summed E-state index contributed by atoms with van der Waals surface area (Å²) < 4.78 is 14.4. The molecule has 0 spiro atoms. The van der Waals surface area contributed by atoms with Crippen LogP contribution in [0.2, 0.25) is 0 Å². The zero-order valence-electron chi connectivity index (χ0n) is 10.5. The molecule has 0 N–H and O–H groups in total. The predicted octanol–water partition coefficient (Wildman–Crippen LogP) is 5.37. The summed E-state index contributed by atoms with van der Waals surface area (Å²) in [7, 11) is 0. The van der Waals surface area contributed by atoms with Gasteiger partial charge in [-0.05, 0) is 49.6 Å². The molecule has 0 fully saturated rings. The molecule has 2 aromatic rings. The van der Waals surface area contributed by atoms with Crippen molar-refractivity contribution in [3.8, 4) is 0 Å².